The van der Waals surface area contributed by atoms with E-state index in [1.54, 1.807) is 12.1 Å². The number of hydrogen-bond donors (Lipinski definition) is 2. The molecule has 0 atom stereocenters. The molecule has 5 aromatic carbocycles. The molecule has 0 fully saturated rings. The highest BCUT2D eigenvalue weighted by Crippen LogP contribution is 2.39. The fraction of sp³-hybridized carbons (Fsp3) is 0.115. The molecule has 2 aliphatic carbocycles. The topological polar surface area (TPSA) is 129 Å². The largest absolute Gasteiger partial charge is 0.477 e. The van der Waals surface area contributed by atoms with Gasteiger partial charge in [-0.3, -0.25) is 0 Å². The van der Waals surface area contributed by atoms with Crippen LogP contribution < -0.4 is 9.80 Å². The molecule has 2 aliphatic rings. The average Bonchev–Trinajstić information content (AvgIpc) is 3.27. The van der Waals surface area contributed by atoms with Crippen LogP contribution in [0.3, 0.4) is 0 Å². The number of aliphatic carboxylic acids is 2. The quantitative estimate of drug-likeness (QED) is 0.0945. The van der Waals surface area contributed by atoms with Crippen LogP contribution in [0.1, 0.15) is 49.7 Å². The van der Waals surface area contributed by atoms with Crippen molar-refractivity contribution in [3.8, 4) is 12.1 Å². The number of nitriles is 2. The number of allylic oxidation sites excluding steroid dienone is 8. The number of carboxylic acids is 2. The van der Waals surface area contributed by atoms with Gasteiger partial charge in [-0.15, -0.1) is 0 Å². The van der Waals surface area contributed by atoms with E-state index in [1.807, 2.05) is 48.6 Å². The summed E-state index contributed by atoms with van der Waals surface area (Å²) in [6, 6.07) is 49.3. The minimum atomic E-state index is -1.21. The van der Waals surface area contributed by atoms with E-state index < -0.39 is 11.9 Å². The predicted octanol–water partition coefficient (Wildman–Crippen LogP) is 12.7. The molecule has 0 spiro atoms. The second-order valence-corrected chi connectivity index (χ2v) is 14.6. The number of carbonyl (C=O) groups is 2. The van der Waals surface area contributed by atoms with Gasteiger partial charge in [0, 0.05) is 34.1 Å². The molecule has 0 saturated heterocycles. The van der Waals surface area contributed by atoms with Crippen molar-refractivity contribution in [1.29, 1.82) is 10.5 Å². The second-order valence-electron chi connectivity index (χ2n) is 14.6. The maximum Gasteiger partial charge on any atom is 0.346 e. The lowest BCUT2D eigenvalue weighted by Gasteiger charge is -2.28. The molecule has 0 aromatic heterocycles. The zero-order valence-corrected chi connectivity index (χ0v) is 32.9. The van der Waals surface area contributed by atoms with Crippen LogP contribution in [0.25, 0.3) is 12.2 Å². The summed E-state index contributed by atoms with van der Waals surface area (Å²) in [5.41, 5.74) is 11.4. The predicted molar refractivity (Wildman–Crippen MR) is 238 cm³/mol. The van der Waals surface area contributed by atoms with Crippen molar-refractivity contribution in [1.82, 2.24) is 0 Å². The third-order valence-corrected chi connectivity index (χ3v) is 10.4. The van der Waals surface area contributed by atoms with Gasteiger partial charge in [0.15, 0.2) is 0 Å². The Kier molecular flexibility index (Phi) is 12.8. The van der Waals surface area contributed by atoms with E-state index in [1.165, 1.54) is 12.2 Å². The SMILES string of the molecule is N#C/C(=C\C1=CC(=C/c2ccc(N(c3ccccc3)c3ccc(N(c4ccccc4)c4ccc(/C=C5C=C(/C=C(\C#N)C(=O)O)CCC/5)cc4)cc3)cc2)/CCC1)C(=O)O. The number of benzene rings is 5. The maximum atomic E-state index is 11.4. The van der Waals surface area contributed by atoms with E-state index in [0.29, 0.717) is 0 Å². The molecule has 294 valence electrons. The molecule has 8 nitrogen and oxygen atoms in total. The lowest BCUT2D eigenvalue weighted by molar-refractivity contribution is -0.133. The number of carboxylic acid groups (broad SMARTS) is 2. The third kappa shape index (κ3) is 9.95. The summed E-state index contributed by atoms with van der Waals surface area (Å²) in [6.45, 7) is 0. The van der Waals surface area contributed by atoms with Crippen LogP contribution >= 0.6 is 0 Å². The lowest BCUT2D eigenvalue weighted by Crippen LogP contribution is -2.12. The molecule has 0 unspecified atom stereocenters. The molecule has 5 aromatic rings. The van der Waals surface area contributed by atoms with Crippen LogP contribution in [-0.2, 0) is 9.59 Å². The zero-order valence-electron chi connectivity index (χ0n) is 32.9. The Balaban J connectivity index is 1.16. The van der Waals surface area contributed by atoms with Crippen molar-refractivity contribution in [2.45, 2.75) is 38.5 Å². The van der Waals surface area contributed by atoms with E-state index >= 15 is 0 Å². The standard InChI is InChI=1S/C52H42N4O4/c53-35-43(51(57)58)33-41-11-7-9-39(31-41)29-37-17-21-47(22-18-37)55(45-13-3-1-4-14-45)49-25-27-50(28-26-49)56(46-15-5-2-6-16-46)48-23-19-38(20-24-48)30-40-10-8-12-42(32-40)34-44(36-54)52(59)60/h1-6,13-34H,7-12H2,(H,57,58)(H,59,60)/b39-29+,40-30+,43-33+,44-34+. The second kappa shape index (κ2) is 19.0. The minimum Gasteiger partial charge on any atom is -0.477 e. The Morgan fingerprint density at radius 3 is 1.10 bits per heavy atom. The van der Waals surface area contributed by atoms with Gasteiger partial charge in [-0.05, 0) is 157 Å². The third-order valence-electron chi connectivity index (χ3n) is 10.4. The molecular formula is C52H42N4O4. The van der Waals surface area contributed by atoms with Gasteiger partial charge >= 0.3 is 11.9 Å². The van der Waals surface area contributed by atoms with Gasteiger partial charge in [0.25, 0.3) is 0 Å². The summed E-state index contributed by atoms with van der Waals surface area (Å²) in [5, 5.41) is 37.0. The normalized spacial score (nSPS) is 15.6. The highest BCUT2D eigenvalue weighted by Gasteiger charge is 2.17. The first-order valence-electron chi connectivity index (χ1n) is 19.8. The van der Waals surface area contributed by atoms with Crippen molar-refractivity contribution >= 4 is 58.2 Å². The maximum absolute atomic E-state index is 11.4. The number of nitrogens with zero attached hydrogens (tertiary/aromatic N) is 4. The Morgan fingerprint density at radius 2 is 0.783 bits per heavy atom. The van der Waals surface area contributed by atoms with Crippen molar-refractivity contribution in [2.75, 3.05) is 9.80 Å². The molecule has 0 bridgehead atoms. The summed E-state index contributed by atoms with van der Waals surface area (Å²) in [7, 11) is 0. The van der Waals surface area contributed by atoms with Crippen molar-refractivity contribution in [2.24, 2.45) is 0 Å². The number of anilines is 6. The van der Waals surface area contributed by atoms with Crippen molar-refractivity contribution in [3.63, 3.8) is 0 Å². The molecule has 0 amide bonds. The number of hydrogen-bond acceptors (Lipinski definition) is 6. The van der Waals surface area contributed by atoms with Gasteiger partial charge in [-0.25, -0.2) is 9.59 Å². The monoisotopic (exact) mass is 786 g/mol. The zero-order chi connectivity index (χ0) is 41.8. The van der Waals surface area contributed by atoms with Gasteiger partial charge in [-0.1, -0.05) is 85.0 Å². The van der Waals surface area contributed by atoms with Gasteiger partial charge in [0.2, 0.25) is 0 Å². The Labute approximate surface area is 350 Å². The highest BCUT2D eigenvalue weighted by molar-refractivity contribution is 5.92. The van der Waals surface area contributed by atoms with Crippen LogP contribution in [0.15, 0.2) is 191 Å². The summed E-state index contributed by atoms with van der Waals surface area (Å²) < 4.78 is 0. The first-order valence-corrected chi connectivity index (χ1v) is 19.8. The van der Waals surface area contributed by atoms with E-state index in [2.05, 4.69) is 119 Å². The molecule has 8 heteroatoms. The van der Waals surface area contributed by atoms with Crippen LogP contribution in [0.4, 0.5) is 34.1 Å². The molecule has 60 heavy (non-hydrogen) atoms. The van der Waals surface area contributed by atoms with Gasteiger partial charge < -0.3 is 20.0 Å². The fourth-order valence-corrected chi connectivity index (χ4v) is 7.53. The molecule has 0 radical (unpaired) electrons. The minimum absolute atomic E-state index is 0.257. The number of rotatable bonds is 12. The van der Waals surface area contributed by atoms with Crippen LogP contribution in [-0.4, -0.2) is 22.2 Å². The Hall–Kier alpha value is -7.94. The Bertz CT molecular complexity index is 2450. The van der Waals surface area contributed by atoms with Gasteiger partial charge in [-0.2, -0.15) is 10.5 Å². The summed E-state index contributed by atoms with van der Waals surface area (Å²) >= 11 is 0. The Morgan fingerprint density at radius 1 is 0.467 bits per heavy atom. The van der Waals surface area contributed by atoms with Gasteiger partial charge in [0.05, 0.1) is 0 Å². The van der Waals surface area contributed by atoms with E-state index in [4.69, 9.17) is 0 Å². The smallest absolute Gasteiger partial charge is 0.346 e. The fourth-order valence-electron chi connectivity index (χ4n) is 7.53. The number of para-hydroxylation sites is 2. The van der Waals surface area contributed by atoms with Crippen molar-refractivity contribution in [3.05, 3.63) is 202 Å². The van der Waals surface area contributed by atoms with Crippen molar-refractivity contribution < 1.29 is 19.8 Å². The first-order chi connectivity index (χ1) is 29.3. The van der Waals surface area contributed by atoms with E-state index in [0.717, 1.165) is 106 Å². The highest BCUT2D eigenvalue weighted by atomic mass is 16.4. The van der Waals surface area contributed by atoms with Crippen LogP contribution in [0.5, 0.6) is 0 Å². The van der Waals surface area contributed by atoms with E-state index in [-0.39, 0.29) is 11.1 Å². The lowest BCUT2D eigenvalue weighted by atomic mass is 9.92. The molecular weight excluding hydrogens is 745 g/mol. The van der Waals surface area contributed by atoms with E-state index in [9.17, 15) is 30.3 Å². The average molecular weight is 787 g/mol. The van der Waals surface area contributed by atoms with Crippen LogP contribution in [0, 0.1) is 22.7 Å². The summed E-state index contributed by atoms with van der Waals surface area (Å²) in [6.07, 6.45) is 16.1. The van der Waals surface area contributed by atoms with Gasteiger partial charge in [0.1, 0.15) is 23.3 Å². The molecule has 0 saturated carbocycles. The molecule has 2 N–H and O–H groups in total. The summed E-state index contributed by atoms with van der Waals surface area (Å²) in [4.78, 5) is 27.2. The first kappa shape index (κ1) is 40.3. The van der Waals surface area contributed by atoms with Crippen LogP contribution in [0.2, 0.25) is 0 Å². The molecule has 0 aliphatic heterocycles. The summed E-state index contributed by atoms with van der Waals surface area (Å²) in [5.74, 6) is -2.43. The molecule has 0 heterocycles. The molecule has 7 rings (SSSR count).